The minimum atomic E-state index is -3.56. The fourth-order valence-corrected chi connectivity index (χ4v) is 4.08. The van der Waals surface area contributed by atoms with Crippen LogP contribution < -0.4 is 0 Å². The van der Waals surface area contributed by atoms with Crippen molar-refractivity contribution in [2.24, 2.45) is 5.92 Å². The average molecular weight is 376 g/mol. The van der Waals surface area contributed by atoms with Crippen LogP contribution in [0.25, 0.3) is 0 Å². The molecule has 1 aromatic heterocycles. The summed E-state index contributed by atoms with van der Waals surface area (Å²) >= 11 is 5.68. The molecule has 9 heteroatoms. The van der Waals surface area contributed by atoms with Gasteiger partial charge in [0.15, 0.2) is 0 Å². The molecule has 1 aromatic rings. The van der Waals surface area contributed by atoms with Crippen molar-refractivity contribution in [2.75, 3.05) is 18.8 Å². The minimum Gasteiger partial charge on any atom is -0.444 e. The molecule has 24 heavy (non-hydrogen) atoms. The Labute approximate surface area is 147 Å². The van der Waals surface area contributed by atoms with Gasteiger partial charge in [-0.15, -0.1) is 0 Å². The van der Waals surface area contributed by atoms with E-state index in [1.165, 1.54) is 12.4 Å². The van der Waals surface area contributed by atoms with Gasteiger partial charge >= 0.3 is 6.09 Å². The smallest absolute Gasteiger partial charge is 0.410 e. The Balaban J connectivity index is 1.91. The van der Waals surface area contributed by atoms with Crippen LogP contribution in [0.15, 0.2) is 17.6 Å². The quantitative estimate of drug-likeness (QED) is 0.754. The van der Waals surface area contributed by atoms with Crippen molar-refractivity contribution in [1.29, 1.82) is 0 Å². The monoisotopic (exact) mass is 375 g/mol. The maximum atomic E-state index is 12.3. The zero-order chi connectivity index (χ0) is 18.0. The molecule has 1 aliphatic rings. The lowest BCUT2D eigenvalue weighted by molar-refractivity contribution is 0.0191. The highest BCUT2D eigenvalue weighted by molar-refractivity contribution is 7.91. The van der Waals surface area contributed by atoms with Gasteiger partial charge in [0.05, 0.1) is 23.2 Å². The molecule has 0 aromatic carbocycles. The van der Waals surface area contributed by atoms with E-state index in [9.17, 15) is 13.2 Å². The van der Waals surface area contributed by atoms with Crippen LogP contribution in [0.4, 0.5) is 4.79 Å². The number of carbonyl (C=O) groups is 1. The molecule has 7 nitrogen and oxygen atoms in total. The van der Waals surface area contributed by atoms with Crippen molar-refractivity contribution in [3.8, 4) is 0 Å². The Kier molecular flexibility index (Phi) is 5.70. The molecule has 0 radical (unpaired) electrons. The number of carbonyl (C=O) groups excluding carboxylic acids is 1. The molecular weight excluding hydrogens is 354 g/mol. The van der Waals surface area contributed by atoms with E-state index in [1.54, 1.807) is 4.90 Å². The molecule has 1 fully saturated rings. The number of piperidine rings is 1. The Morgan fingerprint density at radius 3 is 2.33 bits per heavy atom. The second kappa shape index (κ2) is 7.23. The highest BCUT2D eigenvalue weighted by Crippen LogP contribution is 2.23. The summed E-state index contributed by atoms with van der Waals surface area (Å²) in [6.07, 6.45) is 3.39. The first-order valence-electron chi connectivity index (χ1n) is 7.75. The van der Waals surface area contributed by atoms with Gasteiger partial charge in [0.1, 0.15) is 5.60 Å². The third-order valence-corrected chi connectivity index (χ3v) is 5.47. The van der Waals surface area contributed by atoms with Gasteiger partial charge in [-0.05, 0) is 39.5 Å². The molecule has 1 aliphatic heterocycles. The number of ether oxygens (including phenoxy) is 1. The number of amides is 1. The SMILES string of the molecule is CC(C)(C)OC(=O)N1CCC(CS(=O)(=O)c2ncc(Cl)cn2)CC1. The summed E-state index contributed by atoms with van der Waals surface area (Å²) in [7, 11) is -3.56. The number of halogens is 1. The topological polar surface area (TPSA) is 89.5 Å². The van der Waals surface area contributed by atoms with Crippen molar-refractivity contribution in [2.45, 2.75) is 44.4 Å². The van der Waals surface area contributed by atoms with Crippen molar-refractivity contribution >= 4 is 27.5 Å². The molecular formula is C15H22ClN3O4S. The third kappa shape index (κ3) is 5.31. The number of sulfone groups is 1. The highest BCUT2D eigenvalue weighted by Gasteiger charge is 2.30. The first-order valence-corrected chi connectivity index (χ1v) is 9.78. The maximum absolute atomic E-state index is 12.3. The fourth-order valence-electron chi connectivity index (χ4n) is 2.45. The fraction of sp³-hybridized carbons (Fsp3) is 0.667. The molecule has 1 saturated heterocycles. The van der Waals surface area contributed by atoms with Gasteiger partial charge in [-0.2, -0.15) is 0 Å². The lowest BCUT2D eigenvalue weighted by Crippen LogP contribution is -2.42. The van der Waals surface area contributed by atoms with Crippen molar-refractivity contribution in [1.82, 2.24) is 14.9 Å². The lowest BCUT2D eigenvalue weighted by atomic mass is 9.99. The first kappa shape index (κ1) is 18.9. The van der Waals surface area contributed by atoms with Crippen molar-refractivity contribution in [3.05, 3.63) is 17.4 Å². The summed E-state index contributed by atoms with van der Waals surface area (Å²) in [6.45, 7) is 6.41. The van der Waals surface area contributed by atoms with Gasteiger partial charge in [-0.3, -0.25) is 0 Å². The van der Waals surface area contributed by atoms with Gasteiger partial charge in [-0.25, -0.2) is 23.2 Å². The van der Waals surface area contributed by atoms with Crippen LogP contribution in [-0.2, 0) is 14.6 Å². The van der Waals surface area contributed by atoms with Gasteiger partial charge < -0.3 is 9.64 Å². The largest absolute Gasteiger partial charge is 0.444 e. The van der Waals surface area contributed by atoms with Crippen LogP contribution >= 0.6 is 11.6 Å². The van der Waals surface area contributed by atoms with E-state index in [4.69, 9.17) is 16.3 Å². The van der Waals surface area contributed by atoms with E-state index in [2.05, 4.69) is 9.97 Å². The molecule has 2 heterocycles. The zero-order valence-corrected chi connectivity index (χ0v) is 15.6. The van der Waals surface area contributed by atoms with Crippen LogP contribution in [0, 0.1) is 5.92 Å². The molecule has 0 saturated carbocycles. The van der Waals surface area contributed by atoms with Gasteiger partial charge in [0.25, 0.3) is 0 Å². The normalized spacial score (nSPS) is 16.9. The van der Waals surface area contributed by atoms with Crippen LogP contribution in [-0.4, -0.2) is 53.8 Å². The number of rotatable bonds is 3. The first-order chi connectivity index (χ1) is 11.1. The molecule has 2 rings (SSSR count). The van der Waals surface area contributed by atoms with Crippen molar-refractivity contribution in [3.63, 3.8) is 0 Å². The summed E-state index contributed by atoms with van der Waals surface area (Å²) in [5.74, 6) is -0.0653. The molecule has 134 valence electrons. The Morgan fingerprint density at radius 2 is 1.83 bits per heavy atom. The number of likely N-dealkylation sites (tertiary alicyclic amines) is 1. The summed E-state index contributed by atoms with van der Waals surface area (Å²) in [6, 6.07) is 0. The summed E-state index contributed by atoms with van der Waals surface area (Å²) in [5, 5.41) is 0.0843. The van der Waals surface area contributed by atoms with E-state index in [0.717, 1.165) is 0 Å². The third-order valence-electron chi connectivity index (χ3n) is 3.60. The van der Waals surface area contributed by atoms with Crippen molar-refractivity contribution < 1.29 is 17.9 Å². The molecule has 0 bridgehead atoms. The molecule has 1 amide bonds. The molecule has 0 aliphatic carbocycles. The Bertz CT molecular complexity index is 678. The number of nitrogens with zero attached hydrogens (tertiary/aromatic N) is 3. The van der Waals surface area contributed by atoms with Crippen LogP contribution in [0.3, 0.4) is 0 Å². The van der Waals surface area contributed by atoms with Crippen LogP contribution in [0.1, 0.15) is 33.6 Å². The standard InChI is InChI=1S/C15H22ClN3O4S/c1-15(2,3)23-14(20)19-6-4-11(5-7-19)10-24(21,22)13-17-8-12(16)9-18-13/h8-9,11H,4-7,10H2,1-3H3. The Morgan fingerprint density at radius 1 is 1.29 bits per heavy atom. The number of hydrogen-bond donors (Lipinski definition) is 0. The van der Waals surface area contributed by atoms with E-state index in [1.807, 2.05) is 20.8 Å². The average Bonchev–Trinajstić information content (AvgIpc) is 2.46. The van der Waals surface area contributed by atoms with Gasteiger partial charge in [0, 0.05) is 13.1 Å². The highest BCUT2D eigenvalue weighted by atomic mass is 35.5. The number of hydrogen-bond acceptors (Lipinski definition) is 6. The summed E-state index contributed by atoms with van der Waals surface area (Å²) < 4.78 is 30.0. The number of aromatic nitrogens is 2. The Hall–Kier alpha value is -1.41. The molecule has 0 N–H and O–H groups in total. The van der Waals surface area contributed by atoms with Crippen LogP contribution in [0.5, 0.6) is 0 Å². The molecule has 0 spiro atoms. The van der Waals surface area contributed by atoms with Gasteiger partial charge in [0.2, 0.25) is 15.0 Å². The summed E-state index contributed by atoms with van der Waals surface area (Å²) in [5.41, 5.74) is -0.538. The second-order valence-electron chi connectivity index (χ2n) is 6.88. The predicted octanol–water partition coefficient (Wildman–Crippen LogP) is 2.55. The summed E-state index contributed by atoms with van der Waals surface area (Å²) in [4.78, 5) is 21.2. The minimum absolute atomic E-state index is 0.0310. The molecule has 0 atom stereocenters. The predicted molar refractivity (Wildman–Crippen MR) is 89.6 cm³/mol. The lowest BCUT2D eigenvalue weighted by Gasteiger charge is -2.33. The molecule has 0 unspecified atom stereocenters. The second-order valence-corrected chi connectivity index (χ2v) is 9.24. The van der Waals surface area contributed by atoms with Crippen LogP contribution in [0.2, 0.25) is 5.02 Å². The van der Waals surface area contributed by atoms with E-state index >= 15 is 0 Å². The van der Waals surface area contributed by atoms with E-state index < -0.39 is 15.4 Å². The zero-order valence-electron chi connectivity index (χ0n) is 14.0. The van der Waals surface area contributed by atoms with Gasteiger partial charge in [-0.1, -0.05) is 11.6 Å². The van der Waals surface area contributed by atoms with E-state index in [0.29, 0.717) is 31.0 Å². The van der Waals surface area contributed by atoms with E-state index in [-0.39, 0.29) is 22.9 Å². The maximum Gasteiger partial charge on any atom is 0.410 e.